The summed E-state index contributed by atoms with van der Waals surface area (Å²) in [6.07, 6.45) is 2.39. The molecule has 1 fully saturated rings. The number of nitrogens with one attached hydrogen (secondary N) is 1. The zero-order valence-electron chi connectivity index (χ0n) is 19.5. The van der Waals surface area contributed by atoms with Crippen LogP contribution in [0, 0.1) is 0 Å². The number of aldehydes is 1. The number of unbranched alkanes of at least 4 members (excludes halogenated alkanes) is 1. The summed E-state index contributed by atoms with van der Waals surface area (Å²) in [5.74, 6) is -1.26. The SMILES string of the molecule is CN(C(=O)c1ccc(OCCCCC(=O)OCc2ccccc2)cc1C=O)C1CCC(=O)NC1=O. The van der Waals surface area contributed by atoms with E-state index in [0.29, 0.717) is 31.5 Å². The largest absolute Gasteiger partial charge is 0.494 e. The molecule has 1 aliphatic heterocycles. The van der Waals surface area contributed by atoms with Gasteiger partial charge in [-0.3, -0.25) is 29.3 Å². The summed E-state index contributed by atoms with van der Waals surface area (Å²) in [6, 6.07) is 13.2. The Morgan fingerprint density at radius 3 is 2.60 bits per heavy atom. The average molecular weight is 481 g/mol. The molecule has 3 amide bonds. The molecule has 0 bridgehead atoms. The van der Waals surface area contributed by atoms with E-state index in [-0.39, 0.29) is 48.9 Å². The van der Waals surface area contributed by atoms with Crippen molar-refractivity contribution in [2.75, 3.05) is 13.7 Å². The van der Waals surface area contributed by atoms with E-state index >= 15 is 0 Å². The van der Waals surface area contributed by atoms with E-state index in [2.05, 4.69) is 5.32 Å². The fourth-order valence-electron chi connectivity index (χ4n) is 3.68. The van der Waals surface area contributed by atoms with Crippen LogP contribution in [-0.2, 0) is 25.7 Å². The van der Waals surface area contributed by atoms with Gasteiger partial charge in [0.05, 0.1) is 12.2 Å². The predicted octanol–water partition coefficient (Wildman–Crippen LogP) is 2.67. The molecule has 1 heterocycles. The molecule has 1 saturated heterocycles. The third-order valence-corrected chi connectivity index (χ3v) is 5.66. The number of rotatable bonds is 11. The van der Waals surface area contributed by atoms with Crippen LogP contribution in [0.3, 0.4) is 0 Å². The van der Waals surface area contributed by atoms with Crippen LogP contribution >= 0.6 is 0 Å². The van der Waals surface area contributed by atoms with E-state index in [9.17, 15) is 24.0 Å². The van der Waals surface area contributed by atoms with E-state index < -0.39 is 17.9 Å². The maximum absolute atomic E-state index is 12.9. The highest BCUT2D eigenvalue weighted by atomic mass is 16.5. The third kappa shape index (κ3) is 7.23. The molecule has 0 aliphatic carbocycles. The lowest BCUT2D eigenvalue weighted by Gasteiger charge is -2.30. The summed E-state index contributed by atoms with van der Waals surface area (Å²) < 4.78 is 10.9. The number of hydrogen-bond donors (Lipinski definition) is 1. The van der Waals surface area contributed by atoms with Crippen LogP contribution in [0.4, 0.5) is 0 Å². The van der Waals surface area contributed by atoms with Gasteiger partial charge in [-0.05, 0) is 43.0 Å². The second-order valence-corrected chi connectivity index (χ2v) is 8.20. The Hall–Kier alpha value is -4.01. The lowest BCUT2D eigenvalue weighted by Crippen LogP contribution is -2.53. The molecular weight excluding hydrogens is 452 g/mol. The normalized spacial score (nSPS) is 15.2. The second-order valence-electron chi connectivity index (χ2n) is 8.20. The number of esters is 1. The molecule has 0 radical (unpaired) electrons. The smallest absolute Gasteiger partial charge is 0.306 e. The Morgan fingerprint density at radius 1 is 1.11 bits per heavy atom. The van der Waals surface area contributed by atoms with Gasteiger partial charge in [0.25, 0.3) is 5.91 Å². The van der Waals surface area contributed by atoms with Gasteiger partial charge in [0.1, 0.15) is 18.4 Å². The number of carbonyl (C=O) groups is 5. The maximum Gasteiger partial charge on any atom is 0.306 e. The Labute approximate surface area is 203 Å². The van der Waals surface area contributed by atoms with E-state index in [1.807, 2.05) is 30.3 Å². The first-order chi connectivity index (χ1) is 16.9. The lowest BCUT2D eigenvalue weighted by molar-refractivity contribution is -0.145. The Balaban J connectivity index is 1.45. The highest BCUT2D eigenvalue weighted by Crippen LogP contribution is 2.21. The predicted molar refractivity (Wildman–Crippen MR) is 126 cm³/mol. The van der Waals surface area contributed by atoms with Gasteiger partial charge in [0.2, 0.25) is 11.8 Å². The first-order valence-corrected chi connectivity index (χ1v) is 11.4. The van der Waals surface area contributed by atoms with Gasteiger partial charge >= 0.3 is 5.97 Å². The van der Waals surface area contributed by atoms with Crippen molar-refractivity contribution >= 4 is 30.0 Å². The molecule has 1 atom stereocenters. The van der Waals surface area contributed by atoms with Crippen LogP contribution < -0.4 is 10.1 Å². The zero-order valence-corrected chi connectivity index (χ0v) is 19.5. The summed E-state index contributed by atoms with van der Waals surface area (Å²) in [6.45, 7) is 0.572. The molecule has 9 nitrogen and oxygen atoms in total. The quantitative estimate of drug-likeness (QED) is 0.227. The molecule has 2 aromatic carbocycles. The highest BCUT2D eigenvalue weighted by Gasteiger charge is 2.33. The highest BCUT2D eigenvalue weighted by molar-refractivity contribution is 6.06. The van der Waals surface area contributed by atoms with Gasteiger partial charge in [0.15, 0.2) is 6.29 Å². The molecule has 9 heteroatoms. The molecule has 0 spiro atoms. The number of nitrogens with zero attached hydrogens (tertiary/aromatic N) is 1. The van der Waals surface area contributed by atoms with E-state index in [0.717, 1.165) is 5.56 Å². The molecular formula is C26H28N2O7. The van der Waals surface area contributed by atoms with Crippen LogP contribution in [0.1, 0.15) is 58.4 Å². The van der Waals surface area contributed by atoms with Gasteiger partial charge in [-0.15, -0.1) is 0 Å². The number of amides is 3. The first kappa shape index (κ1) is 25.6. The Kier molecular flexibility index (Phi) is 9.11. The monoisotopic (exact) mass is 480 g/mol. The Bertz CT molecular complexity index is 1080. The minimum absolute atomic E-state index is 0.135. The number of imide groups is 1. The van der Waals surface area contributed by atoms with Crippen LogP contribution in [0.15, 0.2) is 48.5 Å². The van der Waals surface area contributed by atoms with E-state index in [4.69, 9.17) is 9.47 Å². The molecule has 2 aromatic rings. The summed E-state index contributed by atoms with van der Waals surface area (Å²) in [5, 5.41) is 2.22. The topological polar surface area (TPSA) is 119 Å². The molecule has 1 unspecified atom stereocenters. The minimum atomic E-state index is -0.782. The summed E-state index contributed by atoms with van der Waals surface area (Å²) >= 11 is 0. The van der Waals surface area contributed by atoms with Crippen molar-refractivity contribution in [2.24, 2.45) is 0 Å². The number of hydrogen-bond acceptors (Lipinski definition) is 7. The molecule has 0 saturated carbocycles. The van der Waals surface area contributed by atoms with Crippen LogP contribution in [0.5, 0.6) is 5.75 Å². The summed E-state index contributed by atoms with van der Waals surface area (Å²) in [5.41, 5.74) is 1.21. The number of likely N-dealkylation sites (N-methyl/N-ethyl adjacent to an activating group) is 1. The number of carbonyl (C=O) groups excluding carboxylic acids is 5. The fraction of sp³-hybridized carbons (Fsp3) is 0.346. The van der Waals surface area contributed by atoms with Crippen molar-refractivity contribution in [3.8, 4) is 5.75 Å². The van der Waals surface area contributed by atoms with Crippen LogP contribution in [0.2, 0.25) is 0 Å². The summed E-state index contributed by atoms with van der Waals surface area (Å²) in [7, 11) is 1.46. The fourth-order valence-corrected chi connectivity index (χ4v) is 3.68. The van der Waals surface area contributed by atoms with Gasteiger partial charge in [0, 0.05) is 25.5 Å². The van der Waals surface area contributed by atoms with Gasteiger partial charge in [-0.25, -0.2) is 0 Å². The van der Waals surface area contributed by atoms with E-state index in [1.165, 1.54) is 24.1 Å². The summed E-state index contributed by atoms with van der Waals surface area (Å²) in [4.78, 5) is 61.0. The third-order valence-electron chi connectivity index (χ3n) is 5.66. The molecule has 184 valence electrons. The van der Waals surface area contributed by atoms with E-state index in [1.54, 1.807) is 6.07 Å². The van der Waals surface area contributed by atoms with Crippen LogP contribution in [-0.4, -0.2) is 54.6 Å². The molecule has 1 aliphatic rings. The minimum Gasteiger partial charge on any atom is -0.494 e. The molecule has 0 aromatic heterocycles. The second kappa shape index (κ2) is 12.5. The van der Waals surface area contributed by atoms with Gasteiger partial charge in [-0.1, -0.05) is 30.3 Å². The standard InChI is InChI=1S/C26H28N2O7/c1-28(22-12-13-23(30)27-25(22)32)26(33)21-11-10-20(15-19(21)16-29)34-14-6-5-9-24(31)35-17-18-7-3-2-4-8-18/h2-4,7-8,10-11,15-16,22H,5-6,9,12-14,17H2,1H3,(H,27,30,32). The van der Waals surface area contributed by atoms with Gasteiger partial charge < -0.3 is 14.4 Å². The van der Waals surface area contributed by atoms with Crippen molar-refractivity contribution in [3.63, 3.8) is 0 Å². The van der Waals surface area contributed by atoms with Crippen molar-refractivity contribution in [1.29, 1.82) is 0 Å². The van der Waals surface area contributed by atoms with Crippen molar-refractivity contribution in [2.45, 2.75) is 44.8 Å². The Morgan fingerprint density at radius 2 is 1.89 bits per heavy atom. The molecule has 3 rings (SSSR count). The molecule has 1 N–H and O–H groups in total. The first-order valence-electron chi connectivity index (χ1n) is 11.4. The van der Waals surface area contributed by atoms with Gasteiger partial charge in [-0.2, -0.15) is 0 Å². The van der Waals surface area contributed by atoms with Crippen LogP contribution in [0.25, 0.3) is 0 Å². The van der Waals surface area contributed by atoms with Crippen molar-refractivity contribution in [3.05, 3.63) is 65.2 Å². The maximum atomic E-state index is 12.9. The number of benzene rings is 2. The zero-order chi connectivity index (χ0) is 25.2. The lowest BCUT2D eigenvalue weighted by atomic mass is 10.0. The van der Waals surface area contributed by atoms with Crippen molar-refractivity contribution < 1.29 is 33.4 Å². The van der Waals surface area contributed by atoms with Crippen molar-refractivity contribution in [1.82, 2.24) is 10.2 Å². The molecule has 35 heavy (non-hydrogen) atoms. The number of ether oxygens (including phenoxy) is 2. The number of piperidine rings is 1. The average Bonchev–Trinajstić information content (AvgIpc) is 2.87.